The van der Waals surface area contributed by atoms with Crippen molar-refractivity contribution in [3.05, 3.63) is 29.8 Å². The summed E-state index contributed by atoms with van der Waals surface area (Å²) in [5.41, 5.74) is 0.819. The molecule has 2 amide bonds. The van der Waals surface area contributed by atoms with Crippen LogP contribution in [0.2, 0.25) is 0 Å². The van der Waals surface area contributed by atoms with Gasteiger partial charge in [-0.05, 0) is 61.8 Å². The summed E-state index contributed by atoms with van der Waals surface area (Å²) < 4.78 is 0. The molecule has 2 unspecified atom stereocenters. The molecule has 1 N–H and O–H groups in total. The predicted molar refractivity (Wildman–Crippen MR) is 111 cm³/mol. The third-order valence-corrected chi connectivity index (χ3v) is 7.50. The van der Waals surface area contributed by atoms with E-state index in [1.54, 1.807) is 4.90 Å². The summed E-state index contributed by atoms with van der Waals surface area (Å²) in [6, 6.07) is 8.07. The summed E-state index contributed by atoms with van der Waals surface area (Å²) in [5.74, 6) is 1.64. The Morgan fingerprint density at radius 1 is 0.862 bits per heavy atom. The highest BCUT2D eigenvalue weighted by Gasteiger charge is 2.50. The molecule has 6 nitrogen and oxygen atoms in total. The summed E-state index contributed by atoms with van der Waals surface area (Å²) in [6.07, 6.45) is 6.58. The fourth-order valence-electron chi connectivity index (χ4n) is 5.40. The molecule has 2 atom stereocenters. The zero-order valence-electron chi connectivity index (χ0n) is 17.1. The van der Waals surface area contributed by atoms with Gasteiger partial charge < -0.3 is 19.8 Å². The van der Waals surface area contributed by atoms with Crippen LogP contribution in [-0.4, -0.2) is 71.6 Å². The summed E-state index contributed by atoms with van der Waals surface area (Å²) in [7, 11) is 0. The molecule has 29 heavy (non-hydrogen) atoms. The van der Waals surface area contributed by atoms with Crippen molar-refractivity contribution >= 4 is 17.5 Å². The minimum atomic E-state index is -1.12. The number of piperazine rings is 1. The number of fused-ring (bicyclic) bond motifs is 1. The van der Waals surface area contributed by atoms with Crippen LogP contribution >= 0.6 is 0 Å². The van der Waals surface area contributed by atoms with Crippen molar-refractivity contribution in [2.45, 2.75) is 44.1 Å². The molecule has 2 saturated carbocycles. The van der Waals surface area contributed by atoms with E-state index in [1.165, 1.54) is 31.4 Å². The molecule has 4 aliphatic rings. The molecule has 2 aliphatic heterocycles. The van der Waals surface area contributed by atoms with Crippen LogP contribution in [0.5, 0.6) is 0 Å². The largest absolute Gasteiger partial charge is 0.380 e. The van der Waals surface area contributed by atoms with Crippen LogP contribution in [0, 0.1) is 11.8 Å². The molecule has 0 aromatic heterocycles. The molecule has 0 radical (unpaired) electrons. The third-order valence-electron chi connectivity index (χ3n) is 7.50. The molecule has 1 aromatic carbocycles. The number of benzene rings is 1. The number of piperidine rings is 1. The number of amides is 2. The Hall–Kier alpha value is -2.08. The Morgan fingerprint density at radius 3 is 2.21 bits per heavy atom. The quantitative estimate of drug-likeness (QED) is 0.849. The Morgan fingerprint density at radius 2 is 1.52 bits per heavy atom. The zero-order valence-corrected chi connectivity index (χ0v) is 17.1. The molecule has 2 saturated heterocycles. The minimum Gasteiger partial charge on any atom is -0.380 e. The van der Waals surface area contributed by atoms with E-state index in [4.69, 9.17) is 0 Å². The summed E-state index contributed by atoms with van der Waals surface area (Å²) in [6.45, 7) is 4.33. The maximum absolute atomic E-state index is 12.9. The van der Waals surface area contributed by atoms with Crippen LogP contribution in [0.1, 0.15) is 48.9 Å². The number of nitrogens with zero attached hydrogens (tertiary/aromatic N) is 3. The van der Waals surface area contributed by atoms with E-state index in [2.05, 4.69) is 17.0 Å². The Kier molecular flexibility index (Phi) is 4.77. The van der Waals surface area contributed by atoms with Gasteiger partial charge in [0.05, 0.1) is 0 Å². The van der Waals surface area contributed by atoms with Gasteiger partial charge in [-0.15, -0.1) is 0 Å². The number of hydrogen-bond donors (Lipinski definition) is 1. The molecule has 4 fully saturated rings. The molecule has 156 valence electrons. The molecular weight excluding hydrogens is 366 g/mol. The van der Waals surface area contributed by atoms with E-state index in [-0.39, 0.29) is 11.8 Å². The van der Waals surface area contributed by atoms with Gasteiger partial charge in [0, 0.05) is 50.5 Å². The highest BCUT2D eigenvalue weighted by atomic mass is 16.3. The Balaban J connectivity index is 1.17. The van der Waals surface area contributed by atoms with E-state index in [0.29, 0.717) is 44.6 Å². The van der Waals surface area contributed by atoms with Crippen molar-refractivity contribution in [3.63, 3.8) is 0 Å². The number of carbonyl (C=O) groups excluding carboxylic acids is 2. The minimum absolute atomic E-state index is 0.0308. The lowest BCUT2D eigenvalue weighted by Gasteiger charge is -2.37. The first-order valence-electron chi connectivity index (χ1n) is 11.2. The standard InChI is InChI=1S/C23H31N3O3/c27-21(24-12-14-25(15-13-24)22(28)23(29)9-10-23)18-4-6-20(7-5-18)26-11-8-17-2-1-3-19(17)16-26/h4-7,17,19,29H,1-3,8-16H2. The van der Waals surface area contributed by atoms with Gasteiger partial charge in [-0.25, -0.2) is 0 Å². The average molecular weight is 398 g/mol. The van der Waals surface area contributed by atoms with Crippen LogP contribution in [-0.2, 0) is 4.79 Å². The maximum atomic E-state index is 12.9. The predicted octanol–water partition coefficient (Wildman–Crippen LogP) is 2.12. The average Bonchev–Trinajstić information content (AvgIpc) is 3.34. The lowest BCUT2D eigenvalue weighted by molar-refractivity contribution is -0.143. The first-order chi connectivity index (χ1) is 14.0. The molecule has 0 spiro atoms. The lowest BCUT2D eigenvalue weighted by Crippen LogP contribution is -2.53. The van der Waals surface area contributed by atoms with Crippen LogP contribution in [0.4, 0.5) is 5.69 Å². The smallest absolute Gasteiger partial charge is 0.254 e. The molecule has 2 heterocycles. The Bertz CT molecular complexity index is 781. The second kappa shape index (κ2) is 7.31. The highest BCUT2D eigenvalue weighted by Crippen LogP contribution is 2.39. The zero-order chi connectivity index (χ0) is 20.0. The molecule has 6 heteroatoms. The number of rotatable bonds is 3. The monoisotopic (exact) mass is 397 g/mol. The lowest BCUT2D eigenvalue weighted by atomic mass is 9.88. The van der Waals surface area contributed by atoms with Crippen LogP contribution in [0.25, 0.3) is 0 Å². The van der Waals surface area contributed by atoms with Gasteiger partial charge in [-0.1, -0.05) is 12.8 Å². The molecule has 0 bridgehead atoms. The van der Waals surface area contributed by atoms with E-state index < -0.39 is 5.60 Å². The van der Waals surface area contributed by atoms with Crippen molar-refractivity contribution < 1.29 is 14.7 Å². The van der Waals surface area contributed by atoms with Gasteiger partial charge in [0.15, 0.2) is 0 Å². The number of hydrogen-bond acceptors (Lipinski definition) is 4. The third kappa shape index (κ3) is 3.63. The van der Waals surface area contributed by atoms with E-state index in [0.717, 1.165) is 24.9 Å². The first-order valence-corrected chi connectivity index (χ1v) is 11.2. The fraction of sp³-hybridized carbons (Fsp3) is 0.652. The highest BCUT2D eigenvalue weighted by molar-refractivity contribution is 5.95. The second-order valence-electron chi connectivity index (χ2n) is 9.35. The van der Waals surface area contributed by atoms with Crippen molar-refractivity contribution in [3.8, 4) is 0 Å². The molecule has 2 aliphatic carbocycles. The maximum Gasteiger partial charge on any atom is 0.254 e. The topological polar surface area (TPSA) is 64.1 Å². The molecule has 5 rings (SSSR count). The Labute approximate surface area is 172 Å². The summed E-state index contributed by atoms with van der Waals surface area (Å²) in [4.78, 5) is 31.1. The van der Waals surface area contributed by atoms with E-state index in [9.17, 15) is 14.7 Å². The van der Waals surface area contributed by atoms with Gasteiger partial charge >= 0.3 is 0 Å². The van der Waals surface area contributed by atoms with Gasteiger partial charge in [-0.3, -0.25) is 9.59 Å². The first kappa shape index (κ1) is 18.9. The van der Waals surface area contributed by atoms with Crippen LogP contribution in [0.15, 0.2) is 24.3 Å². The van der Waals surface area contributed by atoms with Crippen LogP contribution < -0.4 is 4.90 Å². The molecular formula is C23H31N3O3. The number of aliphatic hydroxyl groups is 1. The van der Waals surface area contributed by atoms with Crippen LogP contribution in [0.3, 0.4) is 0 Å². The van der Waals surface area contributed by atoms with Crippen molar-refractivity contribution in [2.75, 3.05) is 44.2 Å². The summed E-state index contributed by atoms with van der Waals surface area (Å²) in [5, 5.41) is 10.0. The molecule has 1 aromatic rings. The van der Waals surface area contributed by atoms with E-state index in [1.807, 2.05) is 17.0 Å². The van der Waals surface area contributed by atoms with Crippen molar-refractivity contribution in [1.82, 2.24) is 9.80 Å². The summed E-state index contributed by atoms with van der Waals surface area (Å²) >= 11 is 0. The fourth-order valence-corrected chi connectivity index (χ4v) is 5.40. The number of carbonyl (C=O) groups is 2. The second-order valence-corrected chi connectivity index (χ2v) is 9.35. The number of anilines is 1. The van der Waals surface area contributed by atoms with Gasteiger partial charge in [-0.2, -0.15) is 0 Å². The van der Waals surface area contributed by atoms with Gasteiger partial charge in [0.1, 0.15) is 5.60 Å². The van der Waals surface area contributed by atoms with Crippen molar-refractivity contribution in [2.24, 2.45) is 11.8 Å². The SMILES string of the molecule is O=C(c1ccc(N2CCC3CCCC3C2)cc1)N1CCN(C(=O)C2(O)CC2)CC1. The normalized spacial score (nSPS) is 28.2. The van der Waals surface area contributed by atoms with Gasteiger partial charge in [0.25, 0.3) is 11.8 Å². The van der Waals surface area contributed by atoms with Gasteiger partial charge in [0.2, 0.25) is 0 Å². The van der Waals surface area contributed by atoms with Crippen molar-refractivity contribution in [1.29, 1.82) is 0 Å². The van der Waals surface area contributed by atoms with E-state index >= 15 is 0 Å².